The largest absolute Gasteiger partial charge is 0.298 e. The average Bonchev–Trinajstić information content (AvgIpc) is 2.62. The average molecular weight is 381 g/mol. The van der Waals surface area contributed by atoms with Crippen LogP contribution in [-0.4, -0.2) is 21.1 Å². The molecule has 4 nitrogen and oxygen atoms in total. The van der Waals surface area contributed by atoms with Gasteiger partial charge in [0.1, 0.15) is 5.78 Å². The summed E-state index contributed by atoms with van der Waals surface area (Å²) in [5.74, 6) is 0.404. The van der Waals surface area contributed by atoms with Crippen molar-refractivity contribution >= 4 is 28.4 Å². The molecule has 1 aromatic heterocycles. The number of hydrogen-bond acceptors (Lipinski definition) is 4. The van der Waals surface area contributed by atoms with Crippen molar-refractivity contribution in [1.29, 1.82) is 0 Å². The second-order valence-corrected chi connectivity index (χ2v) is 8.68. The van der Waals surface area contributed by atoms with Gasteiger partial charge in [-0.1, -0.05) is 56.8 Å². The van der Waals surface area contributed by atoms with Gasteiger partial charge in [0, 0.05) is 5.41 Å². The van der Waals surface area contributed by atoms with E-state index in [4.69, 9.17) is 4.98 Å². The van der Waals surface area contributed by atoms with E-state index in [1.165, 1.54) is 11.8 Å². The number of ketones is 1. The second-order valence-electron chi connectivity index (χ2n) is 7.73. The number of rotatable bonds is 4. The smallest absolute Gasteiger partial charge is 0.266 e. The zero-order valence-corrected chi connectivity index (χ0v) is 17.2. The van der Waals surface area contributed by atoms with E-state index in [1.54, 1.807) is 10.6 Å². The van der Waals surface area contributed by atoms with Crippen molar-refractivity contribution in [3.8, 4) is 5.69 Å². The molecule has 5 heteroatoms. The maximum atomic E-state index is 13.3. The fourth-order valence-electron chi connectivity index (χ4n) is 2.75. The highest BCUT2D eigenvalue weighted by molar-refractivity contribution is 7.99. The molecule has 0 saturated heterocycles. The molecule has 0 saturated carbocycles. The third-order valence-electron chi connectivity index (χ3n) is 4.73. The van der Waals surface area contributed by atoms with Gasteiger partial charge in [0.15, 0.2) is 5.16 Å². The zero-order chi connectivity index (χ0) is 19.8. The summed E-state index contributed by atoms with van der Waals surface area (Å²) in [5.41, 5.74) is 3.06. The predicted octanol–water partition coefficient (Wildman–Crippen LogP) is 4.71. The summed E-state index contributed by atoms with van der Waals surface area (Å²) in [4.78, 5) is 30.4. The molecule has 2 aromatic carbocycles. The van der Waals surface area contributed by atoms with Gasteiger partial charge in [-0.25, -0.2) is 4.98 Å². The zero-order valence-electron chi connectivity index (χ0n) is 16.4. The summed E-state index contributed by atoms with van der Waals surface area (Å²) >= 11 is 1.32. The van der Waals surface area contributed by atoms with E-state index in [0.29, 0.717) is 16.1 Å². The quantitative estimate of drug-likeness (QED) is 0.486. The summed E-state index contributed by atoms with van der Waals surface area (Å²) in [6, 6.07) is 13.2. The van der Waals surface area contributed by atoms with E-state index in [2.05, 4.69) is 0 Å². The van der Waals surface area contributed by atoms with Gasteiger partial charge < -0.3 is 0 Å². The van der Waals surface area contributed by atoms with Crippen LogP contribution in [0, 0.1) is 19.3 Å². The number of para-hydroxylation sites is 1. The molecule has 0 radical (unpaired) electrons. The van der Waals surface area contributed by atoms with Crippen molar-refractivity contribution < 1.29 is 4.79 Å². The number of carbonyl (C=O) groups is 1. The molecule has 3 rings (SSSR count). The van der Waals surface area contributed by atoms with Gasteiger partial charge >= 0.3 is 0 Å². The predicted molar refractivity (Wildman–Crippen MR) is 112 cm³/mol. The van der Waals surface area contributed by atoms with Crippen LogP contribution in [-0.2, 0) is 4.79 Å². The van der Waals surface area contributed by atoms with Crippen molar-refractivity contribution in [2.24, 2.45) is 5.41 Å². The lowest BCUT2D eigenvalue weighted by Crippen LogP contribution is -2.25. The summed E-state index contributed by atoms with van der Waals surface area (Å²) in [6.07, 6.45) is 0. The molecule has 0 aliphatic rings. The van der Waals surface area contributed by atoms with Crippen molar-refractivity contribution in [3.63, 3.8) is 0 Å². The Labute approximate surface area is 163 Å². The van der Waals surface area contributed by atoms with Gasteiger partial charge in [0.05, 0.1) is 22.3 Å². The minimum absolute atomic E-state index is 0.111. The fourth-order valence-corrected chi connectivity index (χ4v) is 3.91. The number of hydrogen-bond donors (Lipinski definition) is 0. The van der Waals surface area contributed by atoms with Crippen LogP contribution in [0.15, 0.2) is 52.4 Å². The third kappa shape index (κ3) is 3.83. The van der Waals surface area contributed by atoms with Crippen molar-refractivity contribution in [2.75, 3.05) is 5.75 Å². The second kappa shape index (κ2) is 7.31. The molecule has 0 unspecified atom stereocenters. The first-order chi connectivity index (χ1) is 12.7. The Kier molecular flexibility index (Phi) is 5.24. The summed E-state index contributed by atoms with van der Waals surface area (Å²) in [6.45, 7) is 9.74. The first-order valence-electron chi connectivity index (χ1n) is 8.94. The number of aryl methyl sites for hydroxylation is 1. The molecule has 3 aromatic rings. The highest BCUT2D eigenvalue weighted by Crippen LogP contribution is 2.26. The summed E-state index contributed by atoms with van der Waals surface area (Å²) in [7, 11) is 0. The van der Waals surface area contributed by atoms with E-state index in [9.17, 15) is 9.59 Å². The Morgan fingerprint density at radius 1 is 1.07 bits per heavy atom. The van der Waals surface area contributed by atoms with Crippen LogP contribution in [0.5, 0.6) is 0 Å². The Morgan fingerprint density at radius 3 is 2.48 bits per heavy atom. The fraction of sp³-hybridized carbons (Fsp3) is 0.318. The molecule has 0 aliphatic carbocycles. The SMILES string of the molecule is Cc1cccc(-n2c(SCC(=O)C(C)(C)C)nc3ccccc3c2=O)c1C. The minimum atomic E-state index is -0.422. The van der Waals surface area contributed by atoms with Gasteiger partial charge in [0.25, 0.3) is 5.56 Å². The maximum Gasteiger partial charge on any atom is 0.266 e. The molecule has 0 bridgehead atoms. The molecule has 1 heterocycles. The Bertz CT molecular complexity index is 1080. The highest BCUT2D eigenvalue weighted by atomic mass is 32.2. The normalized spacial score (nSPS) is 11.7. The number of Topliss-reactive ketones (excluding diaryl/α,β-unsaturated/α-hetero) is 1. The number of aromatic nitrogens is 2. The first kappa shape index (κ1) is 19.4. The van der Waals surface area contributed by atoms with E-state index >= 15 is 0 Å². The molecule has 27 heavy (non-hydrogen) atoms. The molecule has 0 fully saturated rings. The first-order valence-corrected chi connectivity index (χ1v) is 9.93. The molecule has 0 aliphatic heterocycles. The van der Waals surface area contributed by atoms with Crippen LogP contribution in [0.3, 0.4) is 0 Å². The highest BCUT2D eigenvalue weighted by Gasteiger charge is 2.23. The number of nitrogens with zero attached hydrogens (tertiary/aromatic N) is 2. The summed E-state index contributed by atoms with van der Waals surface area (Å²) in [5, 5.41) is 1.12. The van der Waals surface area contributed by atoms with Crippen LogP contribution in [0.2, 0.25) is 0 Å². The molecule has 0 atom stereocenters. The van der Waals surface area contributed by atoms with Gasteiger partial charge in [-0.15, -0.1) is 0 Å². The lowest BCUT2D eigenvalue weighted by Gasteiger charge is -2.18. The minimum Gasteiger partial charge on any atom is -0.298 e. The topological polar surface area (TPSA) is 52.0 Å². The van der Waals surface area contributed by atoms with Gasteiger partial charge in [0.2, 0.25) is 0 Å². The molecular formula is C22H24N2O2S. The van der Waals surface area contributed by atoms with E-state index < -0.39 is 5.41 Å². The summed E-state index contributed by atoms with van der Waals surface area (Å²) < 4.78 is 1.64. The van der Waals surface area contributed by atoms with Crippen LogP contribution >= 0.6 is 11.8 Å². The Balaban J connectivity index is 2.20. The monoisotopic (exact) mass is 380 g/mol. The van der Waals surface area contributed by atoms with Gasteiger partial charge in [-0.2, -0.15) is 0 Å². The lowest BCUT2D eigenvalue weighted by molar-refractivity contribution is -0.123. The van der Waals surface area contributed by atoms with E-state index in [-0.39, 0.29) is 17.1 Å². The van der Waals surface area contributed by atoms with Crippen LogP contribution in [0.1, 0.15) is 31.9 Å². The van der Waals surface area contributed by atoms with E-state index in [1.807, 2.05) is 71.0 Å². The van der Waals surface area contributed by atoms with Crippen molar-refractivity contribution in [3.05, 3.63) is 63.9 Å². The molecule has 140 valence electrons. The van der Waals surface area contributed by atoms with Crippen LogP contribution in [0.4, 0.5) is 0 Å². The maximum absolute atomic E-state index is 13.3. The number of carbonyl (C=O) groups excluding carboxylic acids is 1. The van der Waals surface area contributed by atoms with Crippen LogP contribution < -0.4 is 5.56 Å². The van der Waals surface area contributed by atoms with Gasteiger partial charge in [-0.05, 0) is 43.2 Å². The molecular weight excluding hydrogens is 356 g/mol. The van der Waals surface area contributed by atoms with E-state index in [0.717, 1.165) is 16.8 Å². The van der Waals surface area contributed by atoms with Crippen LogP contribution in [0.25, 0.3) is 16.6 Å². The lowest BCUT2D eigenvalue weighted by atomic mass is 9.92. The number of benzene rings is 2. The molecule has 0 N–H and O–H groups in total. The van der Waals surface area contributed by atoms with Crippen molar-refractivity contribution in [1.82, 2.24) is 9.55 Å². The number of fused-ring (bicyclic) bond motifs is 1. The standard InChI is InChI=1S/C22H24N2O2S/c1-14-9-8-12-18(15(14)2)24-20(26)16-10-6-7-11-17(16)23-21(24)27-13-19(25)22(3,4)5/h6-12H,13H2,1-5H3. The van der Waals surface area contributed by atoms with Gasteiger partial charge in [-0.3, -0.25) is 14.2 Å². The Morgan fingerprint density at radius 2 is 1.78 bits per heavy atom. The molecule has 0 amide bonds. The Hall–Kier alpha value is -2.40. The third-order valence-corrected chi connectivity index (χ3v) is 5.67. The van der Waals surface area contributed by atoms with Crippen molar-refractivity contribution in [2.45, 2.75) is 39.8 Å². The number of thioether (sulfide) groups is 1. The molecule has 0 spiro atoms.